The van der Waals surface area contributed by atoms with E-state index in [9.17, 15) is 4.79 Å². The predicted molar refractivity (Wildman–Crippen MR) is 79.1 cm³/mol. The summed E-state index contributed by atoms with van der Waals surface area (Å²) in [5.74, 6) is 0.475. The molecule has 0 bridgehead atoms. The van der Waals surface area contributed by atoms with E-state index in [1.807, 2.05) is 12.1 Å². The number of pyridine rings is 1. The highest BCUT2D eigenvalue weighted by molar-refractivity contribution is 5.77. The van der Waals surface area contributed by atoms with Crippen molar-refractivity contribution in [1.29, 1.82) is 0 Å². The Hall–Kier alpha value is -1.66. The fourth-order valence-corrected chi connectivity index (χ4v) is 1.78. The Labute approximate surface area is 125 Å². The first-order valence-electron chi connectivity index (χ1n) is 7.34. The quantitative estimate of drug-likeness (QED) is 0.626. The smallest absolute Gasteiger partial charge is 0.257 e. The van der Waals surface area contributed by atoms with Crippen LogP contribution in [0.4, 0.5) is 0 Å². The molecule has 0 aromatic carbocycles. The average molecular weight is 293 g/mol. The Morgan fingerprint density at radius 2 is 2.29 bits per heavy atom. The number of carbonyl (C=O) groups is 1. The van der Waals surface area contributed by atoms with Gasteiger partial charge in [-0.25, -0.2) is 0 Å². The first-order chi connectivity index (χ1) is 10.3. The van der Waals surface area contributed by atoms with Crippen LogP contribution in [0, 0.1) is 0 Å². The average Bonchev–Trinajstić information content (AvgIpc) is 3.33. The molecule has 0 radical (unpaired) electrons. The number of nitrogens with one attached hydrogen (secondary N) is 2. The van der Waals surface area contributed by atoms with Crippen LogP contribution in [0.2, 0.25) is 0 Å². The first-order valence-corrected chi connectivity index (χ1v) is 7.34. The van der Waals surface area contributed by atoms with E-state index in [1.165, 1.54) is 12.8 Å². The first kappa shape index (κ1) is 15.7. The third-order valence-corrected chi connectivity index (χ3v) is 3.16. The number of methoxy groups -OCH3 is 1. The molecule has 0 unspecified atom stereocenters. The molecule has 1 aliphatic carbocycles. The van der Waals surface area contributed by atoms with E-state index in [-0.39, 0.29) is 12.5 Å². The zero-order chi connectivity index (χ0) is 14.9. The maximum Gasteiger partial charge on any atom is 0.257 e. The molecule has 2 rings (SSSR count). The summed E-state index contributed by atoms with van der Waals surface area (Å²) in [4.78, 5) is 15.8. The van der Waals surface area contributed by atoms with E-state index in [2.05, 4.69) is 15.6 Å². The van der Waals surface area contributed by atoms with Crippen molar-refractivity contribution in [3.63, 3.8) is 0 Å². The lowest BCUT2D eigenvalue weighted by Gasteiger charge is -2.08. The summed E-state index contributed by atoms with van der Waals surface area (Å²) in [6.07, 6.45) is 4.98. The van der Waals surface area contributed by atoms with Gasteiger partial charge in [-0.1, -0.05) is 0 Å². The third-order valence-electron chi connectivity index (χ3n) is 3.16. The highest BCUT2D eigenvalue weighted by Crippen LogP contribution is 2.19. The van der Waals surface area contributed by atoms with E-state index >= 15 is 0 Å². The Morgan fingerprint density at radius 1 is 1.43 bits per heavy atom. The van der Waals surface area contributed by atoms with Crippen LogP contribution in [0.15, 0.2) is 18.3 Å². The van der Waals surface area contributed by atoms with Crippen molar-refractivity contribution in [3.05, 3.63) is 24.0 Å². The van der Waals surface area contributed by atoms with Crippen molar-refractivity contribution < 1.29 is 14.3 Å². The molecule has 1 aromatic rings. The van der Waals surface area contributed by atoms with Gasteiger partial charge in [0.05, 0.1) is 11.9 Å². The second kappa shape index (κ2) is 8.59. The summed E-state index contributed by atoms with van der Waals surface area (Å²) in [6.45, 7) is 2.03. The maximum absolute atomic E-state index is 11.5. The molecule has 1 amide bonds. The topological polar surface area (TPSA) is 72.5 Å². The molecule has 116 valence electrons. The van der Waals surface area contributed by atoms with Crippen LogP contribution in [0.25, 0.3) is 0 Å². The van der Waals surface area contributed by atoms with Crippen LogP contribution in [-0.4, -0.2) is 43.8 Å². The van der Waals surface area contributed by atoms with Crippen molar-refractivity contribution in [2.45, 2.75) is 31.8 Å². The predicted octanol–water partition coefficient (Wildman–Crippen LogP) is 0.865. The summed E-state index contributed by atoms with van der Waals surface area (Å²) >= 11 is 0. The lowest BCUT2D eigenvalue weighted by molar-refractivity contribution is -0.123. The van der Waals surface area contributed by atoms with Crippen LogP contribution >= 0.6 is 0 Å². The van der Waals surface area contributed by atoms with Gasteiger partial charge < -0.3 is 20.1 Å². The van der Waals surface area contributed by atoms with Crippen LogP contribution in [0.3, 0.4) is 0 Å². The molecule has 0 aliphatic heterocycles. The number of amides is 1. The van der Waals surface area contributed by atoms with Gasteiger partial charge in [0.25, 0.3) is 5.91 Å². The molecule has 21 heavy (non-hydrogen) atoms. The lowest BCUT2D eigenvalue weighted by atomic mass is 10.3. The summed E-state index contributed by atoms with van der Waals surface area (Å²) in [5, 5.41) is 6.16. The summed E-state index contributed by atoms with van der Waals surface area (Å²) < 4.78 is 10.3. The molecule has 2 N–H and O–H groups in total. The molecule has 1 aromatic heterocycles. The Balaban J connectivity index is 1.61. The molecule has 6 heteroatoms. The van der Waals surface area contributed by atoms with Crippen LogP contribution in [0.1, 0.15) is 25.0 Å². The van der Waals surface area contributed by atoms with E-state index in [0.717, 1.165) is 18.7 Å². The van der Waals surface area contributed by atoms with Crippen LogP contribution < -0.4 is 15.4 Å². The lowest BCUT2D eigenvalue weighted by Crippen LogP contribution is -2.30. The van der Waals surface area contributed by atoms with Gasteiger partial charge in [0.15, 0.2) is 6.61 Å². The highest BCUT2D eigenvalue weighted by Gasteiger charge is 2.20. The third kappa shape index (κ3) is 6.55. The highest BCUT2D eigenvalue weighted by atomic mass is 16.5. The molecular weight excluding hydrogens is 270 g/mol. The van der Waals surface area contributed by atoms with Crippen LogP contribution in [0.5, 0.6) is 5.75 Å². The maximum atomic E-state index is 11.5. The number of ether oxygens (including phenoxy) is 2. The van der Waals surface area contributed by atoms with Gasteiger partial charge in [0, 0.05) is 32.8 Å². The van der Waals surface area contributed by atoms with Crippen molar-refractivity contribution in [3.8, 4) is 5.75 Å². The number of aromatic nitrogens is 1. The van der Waals surface area contributed by atoms with Crippen molar-refractivity contribution in [2.75, 3.05) is 26.9 Å². The molecule has 1 heterocycles. The van der Waals surface area contributed by atoms with Gasteiger partial charge in [-0.3, -0.25) is 9.78 Å². The zero-order valence-electron chi connectivity index (χ0n) is 12.4. The normalized spacial score (nSPS) is 14.0. The number of hydrogen-bond acceptors (Lipinski definition) is 5. The molecule has 0 atom stereocenters. The number of rotatable bonds is 10. The van der Waals surface area contributed by atoms with Gasteiger partial charge in [-0.2, -0.15) is 0 Å². The minimum atomic E-state index is -0.134. The van der Waals surface area contributed by atoms with Gasteiger partial charge >= 0.3 is 0 Å². The fourth-order valence-electron chi connectivity index (χ4n) is 1.78. The van der Waals surface area contributed by atoms with Gasteiger partial charge in [0.2, 0.25) is 0 Å². The van der Waals surface area contributed by atoms with E-state index in [4.69, 9.17) is 9.47 Å². The minimum Gasteiger partial charge on any atom is -0.482 e. The molecule has 6 nitrogen and oxygen atoms in total. The van der Waals surface area contributed by atoms with Gasteiger partial charge in [-0.15, -0.1) is 0 Å². The Morgan fingerprint density at radius 3 is 2.95 bits per heavy atom. The molecule has 1 saturated carbocycles. The fraction of sp³-hybridized carbons (Fsp3) is 0.600. The summed E-state index contributed by atoms with van der Waals surface area (Å²) in [7, 11) is 1.64. The van der Waals surface area contributed by atoms with Gasteiger partial charge in [0.1, 0.15) is 5.75 Å². The van der Waals surface area contributed by atoms with Gasteiger partial charge in [-0.05, 0) is 31.4 Å². The SMILES string of the molecule is COCCCNC(=O)COc1ccc(CNC2CC2)nc1. The van der Waals surface area contributed by atoms with Crippen molar-refractivity contribution in [2.24, 2.45) is 0 Å². The van der Waals surface area contributed by atoms with E-state index in [0.29, 0.717) is 24.9 Å². The molecular formula is C15H23N3O3. The van der Waals surface area contributed by atoms with E-state index < -0.39 is 0 Å². The molecule has 1 fully saturated rings. The molecule has 0 spiro atoms. The second-order valence-corrected chi connectivity index (χ2v) is 5.13. The number of nitrogens with zero attached hydrogens (tertiary/aromatic N) is 1. The number of carbonyl (C=O) groups excluding carboxylic acids is 1. The largest absolute Gasteiger partial charge is 0.482 e. The van der Waals surface area contributed by atoms with Crippen LogP contribution in [-0.2, 0) is 16.1 Å². The van der Waals surface area contributed by atoms with Crippen molar-refractivity contribution >= 4 is 5.91 Å². The number of hydrogen-bond donors (Lipinski definition) is 2. The minimum absolute atomic E-state index is 0.00827. The standard InChI is InChI=1S/C15H23N3O3/c1-20-8-2-7-16-15(19)11-21-14-6-5-13(18-10-14)9-17-12-3-4-12/h5-6,10,12,17H,2-4,7-9,11H2,1H3,(H,16,19). The zero-order valence-corrected chi connectivity index (χ0v) is 12.4. The second-order valence-electron chi connectivity index (χ2n) is 5.13. The Bertz CT molecular complexity index is 432. The summed E-state index contributed by atoms with van der Waals surface area (Å²) in [5.41, 5.74) is 0.985. The molecule has 1 aliphatic rings. The van der Waals surface area contributed by atoms with E-state index in [1.54, 1.807) is 13.3 Å². The Kier molecular flexibility index (Phi) is 6.43. The van der Waals surface area contributed by atoms with Crippen molar-refractivity contribution in [1.82, 2.24) is 15.6 Å². The monoisotopic (exact) mass is 293 g/mol. The molecule has 0 saturated heterocycles. The summed E-state index contributed by atoms with van der Waals surface area (Å²) in [6, 6.07) is 4.43.